The van der Waals surface area contributed by atoms with Gasteiger partial charge in [-0.3, -0.25) is 4.57 Å². The van der Waals surface area contributed by atoms with Gasteiger partial charge in [-0.05, 0) is 79.4 Å². The Kier molecular flexibility index (Phi) is 10.2. The second kappa shape index (κ2) is 14.3. The lowest BCUT2D eigenvalue weighted by Crippen LogP contribution is -2.40. The smallest absolute Gasteiger partial charge is 0.413 e. The number of alkyl halides is 3. The topological polar surface area (TPSA) is 116 Å². The van der Waals surface area contributed by atoms with Gasteiger partial charge in [0.1, 0.15) is 11.7 Å². The van der Waals surface area contributed by atoms with Crippen LogP contribution in [0.15, 0.2) is 48.8 Å². The van der Waals surface area contributed by atoms with Crippen LogP contribution in [0, 0.1) is 0 Å². The molecule has 11 nitrogen and oxygen atoms in total. The van der Waals surface area contributed by atoms with Crippen molar-refractivity contribution in [2.24, 2.45) is 0 Å². The van der Waals surface area contributed by atoms with E-state index in [9.17, 15) is 18.0 Å². The van der Waals surface area contributed by atoms with Crippen LogP contribution in [-0.2, 0) is 26.7 Å². The summed E-state index contributed by atoms with van der Waals surface area (Å²) in [6.07, 6.45) is 0.0143. The minimum absolute atomic E-state index is 0.0120. The minimum atomic E-state index is -4.62. The maximum Gasteiger partial charge on any atom is 0.416 e. The normalized spacial score (nSPS) is 17.6. The predicted octanol–water partition coefficient (Wildman–Crippen LogP) is 8.21. The average molecular weight is 712 g/mol. The van der Waals surface area contributed by atoms with Crippen molar-refractivity contribution in [1.82, 2.24) is 19.5 Å². The third-order valence-electron chi connectivity index (χ3n) is 9.66. The molecule has 0 spiro atoms. The van der Waals surface area contributed by atoms with E-state index in [-0.39, 0.29) is 29.1 Å². The molecule has 1 unspecified atom stereocenters. The fourth-order valence-corrected chi connectivity index (χ4v) is 6.68. The zero-order valence-corrected chi connectivity index (χ0v) is 30.1. The first kappa shape index (κ1) is 35.8. The monoisotopic (exact) mass is 711 g/mol. The highest BCUT2D eigenvalue weighted by atomic mass is 28.4. The highest BCUT2D eigenvalue weighted by Crippen LogP contribution is 2.39. The number of benzene rings is 2. The lowest BCUT2D eigenvalue weighted by molar-refractivity contribution is -0.138. The second-order valence-electron chi connectivity index (χ2n) is 14.2. The summed E-state index contributed by atoms with van der Waals surface area (Å²) in [4.78, 5) is 29.4. The molecule has 0 radical (unpaired) electrons. The third kappa shape index (κ3) is 7.95. The van der Waals surface area contributed by atoms with Gasteiger partial charge in [0.2, 0.25) is 0 Å². The van der Waals surface area contributed by atoms with Crippen molar-refractivity contribution >= 4 is 42.7 Å². The summed E-state index contributed by atoms with van der Waals surface area (Å²) in [5.41, 5.74) is 1.72. The van der Waals surface area contributed by atoms with Crippen LogP contribution in [0.4, 0.5) is 35.2 Å². The number of urea groups is 1. The number of rotatable bonds is 8. The standard InChI is InChI=1S/C35H44F3N7O4Si/c1-34(2,3)50(4,5)49-21-24-11-14-26(20-27(24)35(36,37)38)41-33(46)40-25-12-9-23(10-13-25)30-42-31-29(32(43-30)44-15-18-47-19-16-44)45(22-39-31)28-8-6-7-17-48-28/h9-14,20,22,28H,6-8,15-19,21H2,1-5H3,(H2,40,41,46). The Hall–Kier alpha value is -4.05. The Morgan fingerprint density at radius 2 is 1.68 bits per heavy atom. The molecule has 2 N–H and O–H groups in total. The van der Waals surface area contributed by atoms with E-state index in [1.807, 2.05) is 38.4 Å². The van der Waals surface area contributed by atoms with Crippen LogP contribution in [0.25, 0.3) is 22.6 Å². The van der Waals surface area contributed by atoms with Crippen LogP contribution < -0.4 is 15.5 Å². The van der Waals surface area contributed by atoms with Gasteiger partial charge in [0.15, 0.2) is 25.6 Å². The van der Waals surface area contributed by atoms with Crippen molar-refractivity contribution in [3.8, 4) is 11.4 Å². The molecule has 2 aliphatic heterocycles. The van der Waals surface area contributed by atoms with Crippen molar-refractivity contribution in [1.29, 1.82) is 0 Å². The number of nitrogens with one attached hydrogen (secondary N) is 2. The van der Waals surface area contributed by atoms with Crippen molar-refractivity contribution in [3.63, 3.8) is 0 Å². The molecule has 1 atom stereocenters. The molecular weight excluding hydrogens is 668 g/mol. The molecular formula is C35H44F3N7O4Si. The molecule has 6 rings (SSSR count). The van der Waals surface area contributed by atoms with Crippen molar-refractivity contribution in [3.05, 3.63) is 59.9 Å². The van der Waals surface area contributed by atoms with Crippen LogP contribution >= 0.6 is 0 Å². The predicted molar refractivity (Wildman–Crippen MR) is 189 cm³/mol. The number of ether oxygens (including phenoxy) is 2. The van der Waals surface area contributed by atoms with E-state index < -0.39 is 26.1 Å². The fourth-order valence-electron chi connectivity index (χ4n) is 5.73. The summed E-state index contributed by atoms with van der Waals surface area (Å²) in [6, 6.07) is 9.99. The van der Waals surface area contributed by atoms with Crippen LogP contribution in [0.1, 0.15) is 57.4 Å². The Bertz CT molecular complexity index is 1810. The molecule has 2 aromatic heterocycles. The first-order valence-electron chi connectivity index (χ1n) is 16.9. The number of anilines is 3. The van der Waals surface area contributed by atoms with Gasteiger partial charge in [-0.1, -0.05) is 26.8 Å². The number of hydrogen-bond donors (Lipinski definition) is 2. The second-order valence-corrected chi connectivity index (χ2v) is 19.0. The van der Waals surface area contributed by atoms with Crippen LogP contribution in [0.2, 0.25) is 18.1 Å². The summed E-state index contributed by atoms with van der Waals surface area (Å²) < 4.78 is 61.9. The molecule has 0 aliphatic carbocycles. The Morgan fingerprint density at radius 3 is 2.34 bits per heavy atom. The number of imidazole rings is 1. The molecule has 2 aliphatic rings. The number of amides is 2. The molecule has 15 heteroatoms. The molecule has 50 heavy (non-hydrogen) atoms. The van der Waals surface area contributed by atoms with Crippen LogP contribution in [0.5, 0.6) is 0 Å². The molecule has 4 heterocycles. The molecule has 0 saturated carbocycles. The first-order chi connectivity index (χ1) is 23.7. The van der Waals surface area contributed by atoms with Crippen LogP contribution in [0.3, 0.4) is 0 Å². The summed E-state index contributed by atoms with van der Waals surface area (Å²) in [5.74, 6) is 1.24. The third-order valence-corrected chi connectivity index (χ3v) is 14.1. The Balaban J connectivity index is 1.18. The van der Waals surface area contributed by atoms with Gasteiger partial charge in [-0.2, -0.15) is 13.2 Å². The van der Waals surface area contributed by atoms with E-state index in [1.54, 1.807) is 30.6 Å². The van der Waals surface area contributed by atoms with E-state index in [0.717, 1.165) is 36.7 Å². The lowest BCUT2D eigenvalue weighted by Gasteiger charge is -2.36. The summed E-state index contributed by atoms with van der Waals surface area (Å²) >= 11 is 0. The molecule has 2 saturated heterocycles. The van der Waals surface area contributed by atoms with Gasteiger partial charge in [-0.15, -0.1) is 0 Å². The highest BCUT2D eigenvalue weighted by Gasteiger charge is 2.39. The van der Waals surface area contributed by atoms with E-state index in [2.05, 4.69) is 20.5 Å². The molecule has 2 aromatic carbocycles. The van der Waals surface area contributed by atoms with Gasteiger partial charge in [0.05, 0.1) is 31.7 Å². The zero-order valence-electron chi connectivity index (χ0n) is 29.1. The number of morpholine rings is 1. The maximum atomic E-state index is 14.0. The number of carbonyl (C=O) groups excluding carboxylic acids is 1. The van der Waals surface area contributed by atoms with E-state index in [0.29, 0.717) is 55.6 Å². The molecule has 0 bridgehead atoms. The number of carbonyl (C=O) groups is 1. The lowest BCUT2D eigenvalue weighted by atomic mass is 10.1. The molecule has 268 valence electrons. The number of halogens is 3. The van der Waals surface area contributed by atoms with Crippen molar-refractivity contribution in [2.75, 3.05) is 48.4 Å². The maximum absolute atomic E-state index is 14.0. The van der Waals surface area contributed by atoms with Gasteiger partial charge in [0, 0.05) is 36.6 Å². The Morgan fingerprint density at radius 1 is 0.980 bits per heavy atom. The molecule has 2 amide bonds. The van der Waals surface area contributed by atoms with E-state index in [4.69, 9.17) is 23.9 Å². The summed E-state index contributed by atoms with van der Waals surface area (Å²) in [5, 5.41) is 5.07. The number of fused-ring (bicyclic) bond motifs is 1. The van der Waals surface area contributed by atoms with Crippen molar-refractivity contribution in [2.45, 2.75) is 77.2 Å². The zero-order chi connectivity index (χ0) is 35.7. The van der Waals surface area contributed by atoms with Crippen molar-refractivity contribution < 1.29 is 31.9 Å². The molecule has 2 fully saturated rings. The first-order valence-corrected chi connectivity index (χ1v) is 19.8. The van der Waals surface area contributed by atoms with E-state index >= 15 is 0 Å². The van der Waals surface area contributed by atoms with Gasteiger partial charge in [0.25, 0.3) is 0 Å². The van der Waals surface area contributed by atoms with Gasteiger partial charge < -0.3 is 29.4 Å². The van der Waals surface area contributed by atoms with Gasteiger partial charge >= 0.3 is 12.2 Å². The van der Waals surface area contributed by atoms with Crippen LogP contribution in [-0.4, -0.2) is 66.8 Å². The fraction of sp³-hybridized carbons (Fsp3) is 0.486. The van der Waals surface area contributed by atoms with E-state index in [1.165, 1.54) is 12.1 Å². The number of hydrogen-bond acceptors (Lipinski definition) is 8. The quantitative estimate of drug-likeness (QED) is 0.176. The average Bonchev–Trinajstić information content (AvgIpc) is 3.52. The largest absolute Gasteiger partial charge is 0.416 e. The minimum Gasteiger partial charge on any atom is -0.413 e. The molecule has 4 aromatic rings. The van der Waals surface area contributed by atoms with Gasteiger partial charge in [-0.25, -0.2) is 19.7 Å². The summed E-state index contributed by atoms with van der Waals surface area (Å²) in [7, 11) is -2.28. The number of nitrogens with zero attached hydrogens (tertiary/aromatic N) is 5. The highest BCUT2D eigenvalue weighted by molar-refractivity contribution is 6.74. The SMILES string of the molecule is CC(C)(C)[Si](C)(C)OCc1ccc(NC(=O)Nc2ccc(-c3nc(N4CCOCC4)c4c(ncn4C4CCCCO4)n3)cc2)cc1C(F)(F)F. The summed E-state index contributed by atoms with van der Waals surface area (Å²) in [6.45, 7) is 13.1. The number of aromatic nitrogens is 4. The Labute approximate surface area is 290 Å².